The van der Waals surface area contributed by atoms with Gasteiger partial charge in [-0.05, 0) is 24.6 Å². The van der Waals surface area contributed by atoms with Gasteiger partial charge in [-0.15, -0.1) is 0 Å². The van der Waals surface area contributed by atoms with Gasteiger partial charge in [-0.1, -0.05) is 17.7 Å². The van der Waals surface area contributed by atoms with E-state index in [4.69, 9.17) is 11.6 Å². The molecule has 0 radical (unpaired) electrons. The van der Waals surface area contributed by atoms with Crippen molar-refractivity contribution in [2.24, 2.45) is 0 Å². The van der Waals surface area contributed by atoms with Crippen molar-refractivity contribution in [3.8, 4) is 0 Å². The van der Waals surface area contributed by atoms with Crippen molar-refractivity contribution in [3.63, 3.8) is 0 Å². The molecular weight excluding hydrogens is 253 g/mol. The van der Waals surface area contributed by atoms with Gasteiger partial charge in [-0.25, -0.2) is 9.37 Å². The first-order valence-electron chi connectivity index (χ1n) is 5.81. The summed E-state index contributed by atoms with van der Waals surface area (Å²) in [6.45, 7) is 3.64. The molecule has 0 aliphatic rings. The first-order valence-corrected chi connectivity index (χ1v) is 6.18. The smallest absolute Gasteiger partial charge is 0.124 e. The zero-order valence-corrected chi connectivity index (χ0v) is 10.9. The summed E-state index contributed by atoms with van der Waals surface area (Å²) < 4.78 is 14.9. The van der Waals surface area contributed by atoms with E-state index >= 15 is 0 Å². The first-order chi connectivity index (χ1) is 8.66. The summed E-state index contributed by atoms with van der Waals surface area (Å²) in [4.78, 5) is 3.97. The molecule has 96 valence electrons. The molecule has 0 fully saturated rings. The largest absolute Gasteiger partial charge is 0.336 e. The Morgan fingerprint density at radius 3 is 3.00 bits per heavy atom. The van der Waals surface area contributed by atoms with Crippen molar-refractivity contribution in [2.45, 2.75) is 19.5 Å². The minimum Gasteiger partial charge on any atom is -0.336 e. The van der Waals surface area contributed by atoms with Crippen LogP contribution in [-0.4, -0.2) is 16.1 Å². The van der Waals surface area contributed by atoms with Gasteiger partial charge in [0, 0.05) is 36.5 Å². The van der Waals surface area contributed by atoms with Crippen LogP contribution in [-0.2, 0) is 6.54 Å². The SMILES string of the molecule is CC(NCCn1ccnc1)c1ccc(F)cc1Cl. The summed E-state index contributed by atoms with van der Waals surface area (Å²) in [5.41, 5.74) is 0.906. The second-order valence-corrected chi connectivity index (χ2v) is 4.55. The number of rotatable bonds is 5. The summed E-state index contributed by atoms with van der Waals surface area (Å²) in [5, 5.41) is 3.80. The van der Waals surface area contributed by atoms with Gasteiger partial charge in [0.25, 0.3) is 0 Å². The molecular formula is C13H15ClFN3. The topological polar surface area (TPSA) is 29.9 Å². The number of nitrogens with one attached hydrogen (secondary N) is 1. The van der Waals surface area contributed by atoms with E-state index in [-0.39, 0.29) is 11.9 Å². The second kappa shape index (κ2) is 5.98. The van der Waals surface area contributed by atoms with Gasteiger partial charge in [0.15, 0.2) is 0 Å². The predicted octanol–water partition coefficient (Wildman–Crippen LogP) is 3.03. The molecule has 0 amide bonds. The summed E-state index contributed by atoms with van der Waals surface area (Å²) in [6.07, 6.45) is 5.44. The number of imidazole rings is 1. The molecule has 1 aromatic heterocycles. The Morgan fingerprint density at radius 2 is 2.33 bits per heavy atom. The fraction of sp³-hybridized carbons (Fsp3) is 0.308. The standard InChI is InChI=1S/C13H15ClFN3/c1-10(12-3-2-11(15)8-13(12)14)17-5-7-18-6-4-16-9-18/h2-4,6,8-10,17H,5,7H2,1H3. The average molecular weight is 268 g/mol. The molecule has 0 saturated heterocycles. The zero-order chi connectivity index (χ0) is 13.0. The minimum absolute atomic E-state index is 0.0848. The highest BCUT2D eigenvalue weighted by Crippen LogP contribution is 2.23. The highest BCUT2D eigenvalue weighted by Gasteiger charge is 2.09. The Balaban J connectivity index is 1.89. The maximum Gasteiger partial charge on any atom is 0.124 e. The van der Waals surface area contributed by atoms with Gasteiger partial charge < -0.3 is 9.88 Å². The molecule has 18 heavy (non-hydrogen) atoms. The highest BCUT2D eigenvalue weighted by atomic mass is 35.5. The Kier molecular flexibility index (Phi) is 4.33. The fourth-order valence-electron chi connectivity index (χ4n) is 1.79. The van der Waals surface area contributed by atoms with Crippen molar-refractivity contribution >= 4 is 11.6 Å². The molecule has 1 unspecified atom stereocenters. The molecule has 1 heterocycles. The third-order valence-electron chi connectivity index (χ3n) is 2.81. The molecule has 0 aliphatic carbocycles. The van der Waals surface area contributed by atoms with E-state index in [1.165, 1.54) is 12.1 Å². The molecule has 1 aromatic carbocycles. The Hall–Kier alpha value is -1.39. The molecule has 2 rings (SSSR count). The molecule has 5 heteroatoms. The van der Waals surface area contributed by atoms with E-state index < -0.39 is 0 Å². The lowest BCUT2D eigenvalue weighted by molar-refractivity contribution is 0.530. The van der Waals surface area contributed by atoms with Crippen LogP contribution in [0.2, 0.25) is 5.02 Å². The van der Waals surface area contributed by atoms with E-state index in [1.54, 1.807) is 18.6 Å². The van der Waals surface area contributed by atoms with E-state index in [9.17, 15) is 4.39 Å². The van der Waals surface area contributed by atoms with Crippen LogP contribution < -0.4 is 5.32 Å². The van der Waals surface area contributed by atoms with Crippen molar-refractivity contribution in [1.29, 1.82) is 0 Å². The first kappa shape index (κ1) is 13.1. The quantitative estimate of drug-likeness (QED) is 0.902. The number of hydrogen-bond donors (Lipinski definition) is 1. The van der Waals surface area contributed by atoms with Crippen molar-refractivity contribution in [3.05, 3.63) is 53.3 Å². The summed E-state index contributed by atoms with van der Waals surface area (Å²) >= 11 is 6.01. The third kappa shape index (κ3) is 3.31. The van der Waals surface area contributed by atoms with E-state index in [0.717, 1.165) is 18.7 Å². The van der Waals surface area contributed by atoms with Gasteiger partial charge in [-0.3, -0.25) is 0 Å². The maximum absolute atomic E-state index is 12.9. The average Bonchev–Trinajstić information content (AvgIpc) is 2.81. The van der Waals surface area contributed by atoms with Crippen LogP contribution in [0, 0.1) is 5.82 Å². The van der Waals surface area contributed by atoms with Crippen molar-refractivity contribution in [2.75, 3.05) is 6.54 Å². The van der Waals surface area contributed by atoms with Gasteiger partial charge in [0.05, 0.1) is 6.33 Å². The van der Waals surface area contributed by atoms with E-state index in [1.807, 2.05) is 17.7 Å². The molecule has 0 bridgehead atoms. The number of aromatic nitrogens is 2. The van der Waals surface area contributed by atoms with Gasteiger partial charge in [0.2, 0.25) is 0 Å². The van der Waals surface area contributed by atoms with Gasteiger partial charge in [-0.2, -0.15) is 0 Å². The summed E-state index contributed by atoms with van der Waals surface area (Å²) in [5.74, 6) is -0.311. The lowest BCUT2D eigenvalue weighted by Crippen LogP contribution is -2.23. The monoisotopic (exact) mass is 267 g/mol. The van der Waals surface area contributed by atoms with Gasteiger partial charge in [0.1, 0.15) is 5.82 Å². The summed E-state index contributed by atoms with van der Waals surface area (Å²) in [6, 6.07) is 4.56. The van der Waals surface area contributed by atoms with Crippen molar-refractivity contribution in [1.82, 2.24) is 14.9 Å². The number of benzene rings is 1. The highest BCUT2D eigenvalue weighted by molar-refractivity contribution is 6.31. The maximum atomic E-state index is 12.9. The lowest BCUT2D eigenvalue weighted by atomic mass is 10.1. The lowest BCUT2D eigenvalue weighted by Gasteiger charge is -2.15. The van der Waals surface area contributed by atoms with Crippen LogP contribution in [0.5, 0.6) is 0 Å². The molecule has 1 N–H and O–H groups in total. The minimum atomic E-state index is -0.311. The molecule has 3 nitrogen and oxygen atoms in total. The van der Waals surface area contributed by atoms with Crippen LogP contribution >= 0.6 is 11.6 Å². The Labute approximate surface area is 111 Å². The van der Waals surface area contributed by atoms with Crippen LogP contribution in [0.15, 0.2) is 36.9 Å². The molecule has 1 atom stereocenters. The van der Waals surface area contributed by atoms with Crippen LogP contribution in [0.4, 0.5) is 4.39 Å². The molecule has 0 saturated carbocycles. The number of hydrogen-bond acceptors (Lipinski definition) is 2. The van der Waals surface area contributed by atoms with Crippen LogP contribution in [0.25, 0.3) is 0 Å². The molecule has 0 spiro atoms. The summed E-state index contributed by atoms with van der Waals surface area (Å²) in [7, 11) is 0. The Bertz CT molecular complexity index is 499. The van der Waals surface area contributed by atoms with Crippen LogP contribution in [0.3, 0.4) is 0 Å². The third-order valence-corrected chi connectivity index (χ3v) is 3.14. The number of nitrogens with zero attached hydrogens (tertiary/aromatic N) is 2. The Morgan fingerprint density at radius 1 is 1.50 bits per heavy atom. The fourth-order valence-corrected chi connectivity index (χ4v) is 2.12. The van der Waals surface area contributed by atoms with Gasteiger partial charge >= 0.3 is 0 Å². The zero-order valence-electron chi connectivity index (χ0n) is 10.1. The van der Waals surface area contributed by atoms with E-state index in [2.05, 4.69) is 10.3 Å². The van der Waals surface area contributed by atoms with Crippen molar-refractivity contribution < 1.29 is 4.39 Å². The normalized spacial score (nSPS) is 12.6. The molecule has 2 aromatic rings. The van der Waals surface area contributed by atoms with E-state index in [0.29, 0.717) is 5.02 Å². The molecule has 0 aliphatic heterocycles. The van der Waals surface area contributed by atoms with Crippen LogP contribution in [0.1, 0.15) is 18.5 Å². The second-order valence-electron chi connectivity index (χ2n) is 4.14. The number of halogens is 2. The predicted molar refractivity (Wildman–Crippen MR) is 70.1 cm³/mol.